The summed E-state index contributed by atoms with van der Waals surface area (Å²) in [5, 5.41) is 15.2. The van der Waals surface area contributed by atoms with E-state index in [2.05, 4.69) is 10.3 Å². The summed E-state index contributed by atoms with van der Waals surface area (Å²) >= 11 is 1.41. The van der Waals surface area contributed by atoms with Crippen molar-refractivity contribution >= 4 is 43.8 Å². The number of anilines is 2. The van der Waals surface area contributed by atoms with Gasteiger partial charge < -0.3 is 15.0 Å². The lowest BCUT2D eigenvalue weighted by Gasteiger charge is -2.32. The number of sulfonamides is 1. The number of nitro groups is 1. The van der Waals surface area contributed by atoms with Gasteiger partial charge in [-0.25, -0.2) is 13.4 Å². The van der Waals surface area contributed by atoms with Crippen LogP contribution in [-0.2, 0) is 19.6 Å². The van der Waals surface area contributed by atoms with E-state index in [9.17, 15) is 23.3 Å². The molecular weight excluding hydrogens is 470 g/mol. The quantitative estimate of drug-likeness (QED) is 0.476. The van der Waals surface area contributed by atoms with Gasteiger partial charge in [0.15, 0.2) is 5.13 Å². The predicted molar refractivity (Wildman–Crippen MR) is 123 cm³/mol. The highest BCUT2D eigenvalue weighted by atomic mass is 32.2. The highest BCUT2D eigenvalue weighted by molar-refractivity contribution is 7.89. The lowest BCUT2D eigenvalue weighted by Crippen LogP contribution is -2.40. The Morgan fingerprint density at radius 1 is 1.24 bits per heavy atom. The van der Waals surface area contributed by atoms with Crippen LogP contribution in [0.25, 0.3) is 0 Å². The standard InChI is InChI=1S/C20H25N5O6S2/c1-14-13-21-20(32-14)22-19(26)15-4-6-23(7-5-15)17-3-2-16(12-18(17)25(27)28)33(29,30)24-8-10-31-11-9-24/h2-3,12-13,15H,4-11H2,1H3,(H,21,22,26). The number of nitro benzene ring substituents is 1. The molecule has 1 aromatic heterocycles. The Morgan fingerprint density at radius 2 is 1.94 bits per heavy atom. The lowest BCUT2D eigenvalue weighted by molar-refractivity contribution is -0.384. The molecule has 3 heterocycles. The number of piperidine rings is 1. The number of rotatable bonds is 6. The fourth-order valence-electron chi connectivity index (χ4n) is 4.02. The zero-order valence-corrected chi connectivity index (χ0v) is 19.7. The van der Waals surface area contributed by atoms with Crippen LogP contribution in [0.15, 0.2) is 29.3 Å². The monoisotopic (exact) mass is 495 g/mol. The Hall–Kier alpha value is -2.61. The zero-order chi connectivity index (χ0) is 23.6. The molecule has 1 amide bonds. The second-order valence-corrected chi connectivity index (χ2v) is 11.1. The molecule has 4 rings (SSSR count). The number of ether oxygens (including phenoxy) is 1. The van der Waals surface area contributed by atoms with Gasteiger partial charge >= 0.3 is 0 Å². The first-order valence-corrected chi connectivity index (χ1v) is 12.9. The fourth-order valence-corrected chi connectivity index (χ4v) is 6.11. The van der Waals surface area contributed by atoms with Crippen molar-refractivity contribution < 1.29 is 22.9 Å². The second kappa shape index (κ2) is 9.71. The van der Waals surface area contributed by atoms with E-state index in [0.717, 1.165) is 10.9 Å². The van der Waals surface area contributed by atoms with E-state index in [1.165, 1.54) is 27.8 Å². The molecule has 2 fully saturated rings. The molecule has 0 unspecified atom stereocenters. The van der Waals surface area contributed by atoms with Gasteiger partial charge in [-0.1, -0.05) is 0 Å². The van der Waals surface area contributed by atoms with E-state index in [1.54, 1.807) is 6.20 Å². The number of hydrogen-bond acceptors (Lipinski definition) is 9. The van der Waals surface area contributed by atoms with E-state index in [1.807, 2.05) is 11.8 Å². The Kier molecular flexibility index (Phi) is 6.93. The lowest BCUT2D eigenvalue weighted by atomic mass is 9.95. The highest BCUT2D eigenvalue weighted by Crippen LogP contribution is 2.34. The van der Waals surface area contributed by atoms with Gasteiger partial charge in [-0.3, -0.25) is 14.9 Å². The summed E-state index contributed by atoms with van der Waals surface area (Å²) in [5.74, 6) is -0.323. The fraction of sp³-hybridized carbons (Fsp3) is 0.500. The first-order valence-electron chi connectivity index (χ1n) is 10.6. The van der Waals surface area contributed by atoms with Crippen LogP contribution in [-0.4, -0.2) is 67.9 Å². The zero-order valence-electron chi connectivity index (χ0n) is 18.1. The highest BCUT2D eigenvalue weighted by Gasteiger charge is 2.32. The third-order valence-corrected chi connectivity index (χ3v) is 8.53. The summed E-state index contributed by atoms with van der Waals surface area (Å²) in [5.41, 5.74) is 0.0980. The first-order chi connectivity index (χ1) is 15.8. The molecular formula is C20H25N5O6S2. The Bertz CT molecular complexity index is 1140. The third-order valence-electron chi connectivity index (χ3n) is 5.81. The van der Waals surface area contributed by atoms with Crippen molar-refractivity contribution in [1.82, 2.24) is 9.29 Å². The molecule has 2 aromatic rings. The topological polar surface area (TPSA) is 135 Å². The normalized spacial score (nSPS) is 18.3. The maximum Gasteiger partial charge on any atom is 0.293 e. The molecule has 2 aliphatic rings. The maximum atomic E-state index is 12.9. The van der Waals surface area contributed by atoms with Crippen LogP contribution in [0.1, 0.15) is 17.7 Å². The van der Waals surface area contributed by atoms with Crippen molar-refractivity contribution in [2.45, 2.75) is 24.7 Å². The van der Waals surface area contributed by atoms with Gasteiger partial charge in [-0.05, 0) is 31.9 Å². The molecule has 0 radical (unpaired) electrons. The number of carbonyl (C=O) groups excluding carboxylic acids is 1. The summed E-state index contributed by atoms with van der Waals surface area (Å²) in [7, 11) is -3.84. The molecule has 2 aliphatic heterocycles. The van der Waals surface area contributed by atoms with E-state index < -0.39 is 14.9 Å². The number of amides is 1. The van der Waals surface area contributed by atoms with Crippen LogP contribution in [0.4, 0.5) is 16.5 Å². The van der Waals surface area contributed by atoms with Crippen molar-refractivity contribution in [3.63, 3.8) is 0 Å². The summed E-state index contributed by atoms with van der Waals surface area (Å²) in [6.45, 7) is 3.84. The molecule has 0 saturated carbocycles. The average molecular weight is 496 g/mol. The van der Waals surface area contributed by atoms with Crippen molar-refractivity contribution in [2.24, 2.45) is 5.92 Å². The molecule has 0 aliphatic carbocycles. The van der Waals surface area contributed by atoms with E-state index in [-0.39, 0.29) is 35.5 Å². The van der Waals surface area contributed by atoms with Gasteiger partial charge in [0.05, 0.1) is 23.0 Å². The minimum atomic E-state index is -3.84. The Balaban J connectivity index is 1.46. The van der Waals surface area contributed by atoms with Crippen LogP contribution in [0, 0.1) is 23.0 Å². The summed E-state index contributed by atoms with van der Waals surface area (Å²) in [4.78, 5) is 30.7. The number of thiazole rings is 1. The Morgan fingerprint density at radius 3 is 2.55 bits per heavy atom. The number of nitrogens with one attached hydrogen (secondary N) is 1. The maximum absolute atomic E-state index is 12.9. The van der Waals surface area contributed by atoms with Gasteiger partial charge in [0, 0.05) is 49.2 Å². The second-order valence-electron chi connectivity index (χ2n) is 7.95. The van der Waals surface area contributed by atoms with Gasteiger partial charge in [-0.2, -0.15) is 4.31 Å². The van der Waals surface area contributed by atoms with Crippen LogP contribution >= 0.6 is 11.3 Å². The molecule has 13 heteroatoms. The van der Waals surface area contributed by atoms with Gasteiger partial charge in [0.25, 0.3) is 5.69 Å². The van der Waals surface area contributed by atoms with E-state index >= 15 is 0 Å². The van der Waals surface area contributed by atoms with Crippen molar-refractivity contribution in [3.05, 3.63) is 39.4 Å². The molecule has 0 bridgehead atoms. The van der Waals surface area contributed by atoms with Crippen LogP contribution < -0.4 is 10.2 Å². The largest absolute Gasteiger partial charge is 0.379 e. The number of carbonyl (C=O) groups is 1. The molecule has 33 heavy (non-hydrogen) atoms. The number of morpholine rings is 1. The number of benzene rings is 1. The van der Waals surface area contributed by atoms with Gasteiger partial charge in [-0.15, -0.1) is 11.3 Å². The molecule has 0 spiro atoms. The SMILES string of the molecule is Cc1cnc(NC(=O)C2CCN(c3ccc(S(=O)(=O)N4CCOCC4)cc3[N+](=O)[O-])CC2)s1. The number of hydrogen-bond donors (Lipinski definition) is 1. The first kappa shape index (κ1) is 23.5. The predicted octanol–water partition coefficient (Wildman–Crippen LogP) is 2.24. The summed E-state index contributed by atoms with van der Waals surface area (Å²) in [6.07, 6.45) is 2.76. The third kappa shape index (κ3) is 5.16. The molecule has 2 saturated heterocycles. The smallest absolute Gasteiger partial charge is 0.293 e. The van der Waals surface area contributed by atoms with Crippen LogP contribution in [0.5, 0.6) is 0 Å². The Labute approximate surface area is 195 Å². The van der Waals surface area contributed by atoms with Crippen molar-refractivity contribution in [3.8, 4) is 0 Å². The molecule has 11 nitrogen and oxygen atoms in total. The number of aromatic nitrogens is 1. The molecule has 0 atom stereocenters. The number of aryl methyl sites for hydroxylation is 1. The van der Waals surface area contributed by atoms with Crippen molar-refractivity contribution in [2.75, 3.05) is 49.6 Å². The molecule has 1 N–H and O–H groups in total. The minimum Gasteiger partial charge on any atom is -0.379 e. The van der Waals surface area contributed by atoms with Gasteiger partial charge in [0.2, 0.25) is 15.9 Å². The van der Waals surface area contributed by atoms with Gasteiger partial charge in [0.1, 0.15) is 5.69 Å². The van der Waals surface area contributed by atoms with Crippen LogP contribution in [0.3, 0.4) is 0 Å². The molecule has 178 valence electrons. The summed E-state index contributed by atoms with van der Waals surface area (Å²) in [6, 6.07) is 4.03. The average Bonchev–Trinajstić information content (AvgIpc) is 3.23. The minimum absolute atomic E-state index is 0.104. The van der Waals surface area contributed by atoms with Crippen molar-refractivity contribution in [1.29, 1.82) is 0 Å². The number of nitrogens with zero attached hydrogens (tertiary/aromatic N) is 4. The van der Waals surface area contributed by atoms with E-state index in [4.69, 9.17) is 4.74 Å². The van der Waals surface area contributed by atoms with E-state index in [0.29, 0.717) is 50.0 Å². The van der Waals surface area contributed by atoms with Crippen LogP contribution in [0.2, 0.25) is 0 Å². The summed E-state index contributed by atoms with van der Waals surface area (Å²) < 4.78 is 32.3. The molecule has 1 aromatic carbocycles.